The van der Waals surface area contributed by atoms with E-state index in [9.17, 15) is 33.1 Å². The largest absolute Gasteiger partial charge is 0.363 e. The molecule has 0 spiro atoms. The second-order valence-corrected chi connectivity index (χ2v) is 16.1. The van der Waals surface area contributed by atoms with Gasteiger partial charge in [-0.2, -0.15) is 0 Å². The van der Waals surface area contributed by atoms with Crippen LogP contribution in [0.4, 0.5) is 14.7 Å². The highest BCUT2D eigenvalue weighted by Gasteiger charge is 2.52. The van der Waals surface area contributed by atoms with Gasteiger partial charge in [-0.1, -0.05) is 6.07 Å². The molecule has 5 heterocycles. The summed E-state index contributed by atoms with van der Waals surface area (Å²) in [6, 6.07) is 3.07. The average Bonchev–Trinajstić information content (AvgIpc) is 3.39. The second kappa shape index (κ2) is 11.9. The highest BCUT2D eigenvalue weighted by Crippen LogP contribution is 2.53. The van der Waals surface area contributed by atoms with Gasteiger partial charge >= 0.3 is 7.60 Å². The summed E-state index contributed by atoms with van der Waals surface area (Å²) in [6.07, 6.45) is 3.85. The van der Waals surface area contributed by atoms with E-state index in [1.165, 1.54) is 24.3 Å². The highest BCUT2D eigenvalue weighted by molar-refractivity contribution is 7.51. The van der Waals surface area contributed by atoms with Crippen molar-refractivity contribution in [1.82, 2.24) is 25.1 Å². The zero-order chi connectivity index (χ0) is 33.4. The molecule has 4 N–H and O–H groups in total. The molecule has 3 aliphatic heterocycles. The van der Waals surface area contributed by atoms with Gasteiger partial charge in [0.1, 0.15) is 18.3 Å². The molecular weight excluding hydrogens is 653 g/mol. The summed E-state index contributed by atoms with van der Waals surface area (Å²) in [6.45, 7) is 2.21. The number of benzene rings is 1. The molecule has 16 heteroatoms. The zero-order valence-electron chi connectivity index (χ0n) is 25.9. The predicted molar refractivity (Wildman–Crippen MR) is 170 cm³/mol. The molecule has 0 radical (unpaired) electrons. The van der Waals surface area contributed by atoms with Crippen LogP contribution in [-0.2, 0) is 21.2 Å². The number of fused-ring (bicyclic) bond motifs is 3. The van der Waals surface area contributed by atoms with Gasteiger partial charge in [-0.3, -0.25) is 18.9 Å². The number of aryl methyl sites for hydroxylation is 2. The maximum absolute atomic E-state index is 15.2. The van der Waals surface area contributed by atoms with Crippen LogP contribution in [0.3, 0.4) is 0 Å². The van der Waals surface area contributed by atoms with E-state index >= 15 is 4.39 Å². The van der Waals surface area contributed by atoms with Crippen molar-refractivity contribution in [2.45, 2.75) is 75.3 Å². The van der Waals surface area contributed by atoms with Gasteiger partial charge in [0.25, 0.3) is 5.91 Å². The van der Waals surface area contributed by atoms with Crippen LogP contribution >= 0.6 is 18.9 Å². The summed E-state index contributed by atoms with van der Waals surface area (Å²) in [5.74, 6) is -2.37. The van der Waals surface area contributed by atoms with Gasteiger partial charge in [-0.15, -0.1) is 11.3 Å². The Morgan fingerprint density at radius 2 is 1.87 bits per heavy atom. The van der Waals surface area contributed by atoms with E-state index in [1.54, 1.807) is 4.90 Å². The van der Waals surface area contributed by atoms with Crippen LogP contribution in [-0.4, -0.2) is 85.4 Å². The lowest BCUT2D eigenvalue weighted by Gasteiger charge is -2.35. The topological polar surface area (TPSA) is 157 Å². The zero-order valence-corrected chi connectivity index (χ0v) is 27.6. The molecule has 1 aromatic carbocycles. The minimum Gasteiger partial charge on any atom is -0.347 e. The first-order valence-electron chi connectivity index (χ1n) is 15.8. The molecule has 0 bridgehead atoms. The fourth-order valence-corrected chi connectivity index (χ4v) is 9.13. The molecule has 47 heavy (non-hydrogen) atoms. The Labute approximate surface area is 273 Å². The number of anilines is 1. The van der Waals surface area contributed by atoms with Crippen molar-refractivity contribution in [3.8, 4) is 0 Å². The van der Waals surface area contributed by atoms with Crippen molar-refractivity contribution in [2.24, 2.45) is 18.9 Å². The van der Waals surface area contributed by atoms with Crippen molar-refractivity contribution in [1.29, 1.82) is 0 Å². The molecule has 1 saturated carbocycles. The average molecular weight is 691 g/mol. The van der Waals surface area contributed by atoms with E-state index < -0.39 is 49.6 Å². The number of nitrogens with zero attached hydrogens (tertiary/aromatic N) is 4. The van der Waals surface area contributed by atoms with Gasteiger partial charge in [-0.05, 0) is 80.0 Å². The molecule has 7 rings (SSSR count). The summed E-state index contributed by atoms with van der Waals surface area (Å²) >= 11 is 1.12. The van der Waals surface area contributed by atoms with Crippen LogP contribution in [0, 0.1) is 18.8 Å². The third-order valence-electron chi connectivity index (χ3n) is 10.0. The number of hydrogen-bond donors (Lipinski definition) is 4. The Balaban J connectivity index is 1.06. The smallest absolute Gasteiger partial charge is 0.347 e. The Bertz CT molecular complexity index is 1800. The molecular formula is C31H37F2N6O6PS. The second-order valence-electron chi connectivity index (χ2n) is 13.4. The summed E-state index contributed by atoms with van der Waals surface area (Å²) < 4.78 is 43.3. The quantitative estimate of drug-likeness (QED) is 0.275. The molecule has 3 saturated heterocycles. The SMILES string of the molecule is Cc1cn(C)c(N2C[C@H](NC(=O)[C@@H]3CC[C@@H]4C[C@H]5C[C@H]5C[C@H](NC(=O)c5cc6cc(C(F)P(=O)(O)O)ccc6s5)C(=O)N43)[C@@H](F)C2)n1. The van der Waals surface area contributed by atoms with Crippen molar-refractivity contribution in [2.75, 3.05) is 18.0 Å². The van der Waals surface area contributed by atoms with E-state index in [-0.39, 0.29) is 35.5 Å². The fraction of sp³-hybridized carbons (Fsp3) is 0.548. The minimum atomic E-state index is -5.00. The third-order valence-corrected chi connectivity index (χ3v) is 12.0. The summed E-state index contributed by atoms with van der Waals surface area (Å²) in [5, 5.41) is 6.22. The first-order valence-corrected chi connectivity index (χ1v) is 18.3. The van der Waals surface area contributed by atoms with E-state index in [4.69, 9.17) is 0 Å². The first-order chi connectivity index (χ1) is 22.3. The summed E-state index contributed by atoms with van der Waals surface area (Å²) in [5.41, 5.74) is 0.623. The van der Waals surface area contributed by atoms with E-state index in [0.717, 1.165) is 29.9 Å². The van der Waals surface area contributed by atoms with Crippen LogP contribution < -0.4 is 15.5 Å². The summed E-state index contributed by atoms with van der Waals surface area (Å²) in [4.78, 5) is 67.9. The maximum Gasteiger partial charge on any atom is 0.363 e. The first kappa shape index (κ1) is 32.2. The molecule has 12 nitrogen and oxygen atoms in total. The van der Waals surface area contributed by atoms with Crippen LogP contribution in [0.15, 0.2) is 30.5 Å². The van der Waals surface area contributed by atoms with Crippen molar-refractivity contribution >= 4 is 52.7 Å². The normalized spacial score (nSPS) is 29.7. The van der Waals surface area contributed by atoms with Crippen LogP contribution in [0.2, 0.25) is 0 Å². The number of amides is 3. The Hall–Kier alpha value is -3.39. The van der Waals surface area contributed by atoms with Crippen molar-refractivity contribution < 1.29 is 37.5 Å². The van der Waals surface area contributed by atoms with Gasteiger partial charge in [0, 0.05) is 30.5 Å². The molecule has 3 aromatic rings. The number of aromatic nitrogens is 2. The van der Waals surface area contributed by atoms with Gasteiger partial charge in [-0.25, -0.2) is 13.8 Å². The number of alkyl halides is 2. The number of thiophene rings is 1. The van der Waals surface area contributed by atoms with Gasteiger partial charge in [0.05, 0.1) is 23.2 Å². The number of rotatable bonds is 7. The van der Waals surface area contributed by atoms with Crippen LogP contribution in [0.1, 0.15) is 58.9 Å². The van der Waals surface area contributed by atoms with Gasteiger partial charge < -0.3 is 34.8 Å². The molecule has 2 aromatic heterocycles. The van der Waals surface area contributed by atoms with E-state index in [1.807, 2.05) is 29.6 Å². The van der Waals surface area contributed by atoms with E-state index in [2.05, 4.69) is 15.6 Å². The Morgan fingerprint density at radius 1 is 1.11 bits per heavy atom. The molecule has 1 unspecified atom stereocenters. The van der Waals surface area contributed by atoms with Crippen LogP contribution in [0.25, 0.3) is 10.1 Å². The number of hydrogen-bond acceptors (Lipinski definition) is 7. The fourth-order valence-electron chi connectivity index (χ4n) is 7.63. The molecule has 4 aliphatic rings. The lowest BCUT2D eigenvalue weighted by atomic mass is 9.99. The highest BCUT2D eigenvalue weighted by atomic mass is 32.1. The molecule has 4 fully saturated rings. The number of imidazole rings is 1. The number of nitrogens with one attached hydrogen (secondary N) is 2. The van der Waals surface area contributed by atoms with E-state index in [0.29, 0.717) is 47.1 Å². The van der Waals surface area contributed by atoms with Gasteiger partial charge in [0.2, 0.25) is 23.7 Å². The maximum atomic E-state index is 15.2. The predicted octanol–water partition coefficient (Wildman–Crippen LogP) is 3.32. The number of halogens is 2. The molecule has 8 atom stereocenters. The number of carbonyl (C=O) groups excluding carboxylic acids is 3. The Morgan fingerprint density at radius 3 is 2.60 bits per heavy atom. The van der Waals surface area contributed by atoms with Crippen LogP contribution in [0.5, 0.6) is 0 Å². The number of carbonyl (C=O) groups is 3. The lowest BCUT2D eigenvalue weighted by molar-refractivity contribution is -0.143. The third kappa shape index (κ3) is 6.18. The standard InChI is InChI=1S/C31H37F2N6O6PS/c1-15-12-37(2)31(34-15)38-13-21(32)23(14-38)36-28(40)24-5-4-20-9-17-8-18(17)10-22(30(42)39(20)24)35-29(41)26-11-19-7-16(3-6-25(19)47-26)27(33)46(43,44)45/h3,6-7,11-12,17-18,20-24,27H,4-5,8-10,13-14H2,1-2H3,(H,35,41)(H,36,40)(H2,43,44,45)/t17-,18+,20-,21+,22+,23+,24+,27?/m1/s1. The molecule has 1 aliphatic carbocycles. The van der Waals surface area contributed by atoms with Crippen molar-refractivity contribution in [3.63, 3.8) is 0 Å². The van der Waals surface area contributed by atoms with Crippen molar-refractivity contribution in [3.05, 3.63) is 46.6 Å². The Kier molecular flexibility index (Phi) is 8.17. The molecule has 3 amide bonds. The van der Waals surface area contributed by atoms with Gasteiger partial charge in [0.15, 0.2) is 0 Å². The minimum absolute atomic E-state index is 0.0967. The summed E-state index contributed by atoms with van der Waals surface area (Å²) in [7, 11) is -3.16. The lowest BCUT2D eigenvalue weighted by Crippen LogP contribution is -2.58. The molecule has 252 valence electrons. The monoisotopic (exact) mass is 690 g/mol.